The van der Waals surface area contributed by atoms with Gasteiger partial charge in [-0.3, -0.25) is 9.59 Å². The number of carbonyl (C=O) groups excluding carboxylic acids is 1. The Labute approximate surface area is 151 Å². The van der Waals surface area contributed by atoms with Crippen molar-refractivity contribution < 1.29 is 19.4 Å². The predicted octanol–water partition coefficient (Wildman–Crippen LogP) is 3.38. The number of aryl methyl sites for hydroxylation is 1. The van der Waals surface area contributed by atoms with Crippen molar-refractivity contribution in [1.82, 2.24) is 5.32 Å². The number of carboxylic acid groups (broad SMARTS) is 1. The number of benzene rings is 1. The molecule has 6 heteroatoms. The van der Waals surface area contributed by atoms with Crippen molar-refractivity contribution in [3.8, 4) is 5.75 Å². The summed E-state index contributed by atoms with van der Waals surface area (Å²) in [5.41, 5.74) is 1.89. The fourth-order valence-corrected chi connectivity index (χ4v) is 3.44. The van der Waals surface area contributed by atoms with E-state index < -0.39 is 11.9 Å². The molecule has 1 atom stereocenters. The second kappa shape index (κ2) is 9.22. The van der Waals surface area contributed by atoms with Crippen molar-refractivity contribution in [2.45, 2.75) is 26.7 Å². The fourth-order valence-electron chi connectivity index (χ4n) is 2.53. The molecule has 1 aromatic carbocycles. The van der Waals surface area contributed by atoms with Crippen LogP contribution in [-0.2, 0) is 17.6 Å². The molecule has 5 nitrogen and oxygen atoms in total. The maximum absolute atomic E-state index is 12.3. The monoisotopic (exact) mass is 361 g/mol. The minimum atomic E-state index is -0.920. The van der Waals surface area contributed by atoms with E-state index in [-0.39, 0.29) is 12.5 Å². The second-order valence-electron chi connectivity index (χ2n) is 5.65. The molecule has 2 rings (SSSR count). The van der Waals surface area contributed by atoms with Gasteiger partial charge in [-0.1, -0.05) is 19.1 Å². The maximum Gasteiger partial charge on any atom is 0.308 e. The van der Waals surface area contributed by atoms with E-state index in [2.05, 4.69) is 5.32 Å². The summed E-state index contributed by atoms with van der Waals surface area (Å²) in [6.45, 7) is 4.59. The lowest BCUT2D eigenvalue weighted by molar-refractivity contribution is -0.141. The Bertz CT molecular complexity index is 708. The molecular weight excluding hydrogens is 338 g/mol. The second-order valence-corrected chi connectivity index (χ2v) is 6.57. The summed E-state index contributed by atoms with van der Waals surface area (Å²) in [4.78, 5) is 24.5. The normalized spacial score (nSPS) is 11.8. The Morgan fingerprint density at radius 2 is 1.92 bits per heavy atom. The Hall–Kier alpha value is -2.34. The first kappa shape index (κ1) is 19.0. The quantitative estimate of drug-likeness (QED) is 0.718. The summed E-state index contributed by atoms with van der Waals surface area (Å²) >= 11 is 1.38. The average Bonchev–Trinajstić information content (AvgIpc) is 3.08. The smallest absolute Gasteiger partial charge is 0.308 e. The third-order valence-electron chi connectivity index (χ3n) is 3.91. The third kappa shape index (κ3) is 5.32. The summed E-state index contributed by atoms with van der Waals surface area (Å²) in [6, 6.07) is 9.30. The van der Waals surface area contributed by atoms with Gasteiger partial charge in [0, 0.05) is 6.54 Å². The molecule has 2 N–H and O–H groups in total. The number of hydrogen-bond donors (Lipinski definition) is 2. The molecule has 25 heavy (non-hydrogen) atoms. The van der Waals surface area contributed by atoms with E-state index in [0.717, 1.165) is 23.3 Å². The lowest BCUT2D eigenvalue weighted by Crippen LogP contribution is -2.34. The van der Waals surface area contributed by atoms with Crippen LogP contribution in [0.15, 0.2) is 35.7 Å². The number of nitrogens with one attached hydrogen (secondary N) is 1. The molecule has 1 aromatic heterocycles. The van der Waals surface area contributed by atoms with Crippen molar-refractivity contribution in [3.05, 3.63) is 51.7 Å². The lowest BCUT2D eigenvalue weighted by Gasteiger charge is -2.14. The molecule has 1 unspecified atom stereocenters. The molecule has 2 aromatic rings. The van der Waals surface area contributed by atoms with Crippen molar-refractivity contribution >= 4 is 23.2 Å². The lowest BCUT2D eigenvalue weighted by atomic mass is 9.99. The number of amides is 1. The van der Waals surface area contributed by atoms with Gasteiger partial charge in [-0.15, -0.1) is 11.3 Å². The number of carboxylic acids is 1. The van der Waals surface area contributed by atoms with Crippen LogP contribution in [0.5, 0.6) is 5.75 Å². The highest BCUT2D eigenvalue weighted by molar-refractivity contribution is 7.12. The highest BCUT2D eigenvalue weighted by Gasteiger charge is 2.20. The summed E-state index contributed by atoms with van der Waals surface area (Å²) in [5, 5.41) is 14.1. The average molecular weight is 361 g/mol. The zero-order valence-electron chi connectivity index (χ0n) is 14.5. The van der Waals surface area contributed by atoms with E-state index in [0.29, 0.717) is 17.9 Å². The minimum Gasteiger partial charge on any atom is -0.494 e. The Kier molecular flexibility index (Phi) is 7.01. The zero-order valence-corrected chi connectivity index (χ0v) is 15.3. The third-order valence-corrected chi connectivity index (χ3v) is 4.86. The Balaban J connectivity index is 1.96. The number of ether oxygens (including phenoxy) is 1. The Morgan fingerprint density at radius 1 is 1.20 bits per heavy atom. The minimum absolute atomic E-state index is 0.0996. The molecule has 0 radical (unpaired) electrons. The van der Waals surface area contributed by atoms with E-state index in [4.69, 9.17) is 4.74 Å². The molecule has 0 fully saturated rings. The number of aliphatic carboxylic acids is 1. The molecule has 0 saturated heterocycles. The van der Waals surface area contributed by atoms with E-state index in [1.54, 1.807) is 0 Å². The van der Waals surface area contributed by atoms with E-state index in [1.165, 1.54) is 11.3 Å². The first-order chi connectivity index (χ1) is 12.0. The van der Waals surface area contributed by atoms with E-state index >= 15 is 0 Å². The van der Waals surface area contributed by atoms with Gasteiger partial charge in [0.25, 0.3) is 5.91 Å². The predicted molar refractivity (Wildman–Crippen MR) is 98.5 cm³/mol. The van der Waals surface area contributed by atoms with Crippen LogP contribution in [0.4, 0.5) is 0 Å². The van der Waals surface area contributed by atoms with E-state index in [1.807, 2.05) is 49.6 Å². The van der Waals surface area contributed by atoms with Gasteiger partial charge in [-0.05, 0) is 54.5 Å². The highest BCUT2D eigenvalue weighted by atomic mass is 32.1. The SMILES string of the molecule is CCOc1ccc(CC(CNC(=O)c2sccc2CC)C(=O)O)cc1. The molecule has 0 saturated carbocycles. The van der Waals surface area contributed by atoms with Crippen LogP contribution in [0.25, 0.3) is 0 Å². The number of thiophene rings is 1. The zero-order chi connectivity index (χ0) is 18.2. The number of carbonyl (C=O) groups is 2. The first-order valence-corrected chi connectivity index (χ1v) is 9.22. The van der Waals surface area contributed by atoms with Gasteiger partial charge in [0.05, 0.1) is 17.4 Å². The Morgan fingerprint density at radius 3 is 2.52 bits per heavy atom. The fraction of sp³-hybridized carbons (Fsp3) is 0.368. The van der Waals surface area contributed by atoms with Crippen molar-refractivity contribution in [1.29, 1.82) is 0 Å². The largest absolute Gasteiger partial charge is 0.494 e. The van der Waals surface area contributed by atoms with Gasteiger partial charge < -0.3 is 15.2 Å². The topological polar surface area (TPSA) is 75.6 Å². The standard InChI is InChI=1S/C19H23NO4S/c1-3-14-9-10-25-17(14)18(21)20-12-15(19(22)23)11-13-5-7-16(8-6-13)24-4-2/h5-10,15H,3-4,11-12H2,1-2H3,(H,20,21)(H,22,23). The summed E-state index contributed by atoms with van der Waals surface area (Å²) < 4.78 is 5.38. The van der Waals surface area contributed by atoms with Crippen molar-refractivity contribution in [2.24, 2.45) is 5.92 Å². The highest BCUT2D eigenvalue weighted by Crippen LogP contribution is 2.18. The van der Waals surface area contributed by atoms with Crippen LogP contribution in [0.2, 0.25) is 0 Å². The maximum atomic E-state index is 12.3. The molecule has 134 valence electrons. The number of rotatable bonds is 9. The summed E-state index contributed by atoms with van der Waals surface area (Å²) in [7, 11) is 0. The molecule has 1 amide bonds. The molecule has 0 aliphatic heterocycles. The van der Waals surface area contributed by atoms with Gasteiger partial charge in [-0.25, -0.2) is 0 Å². The van der Waals surface area contributed by atoms with E-state index in [9.17, 15) is 14.7 Å². The van der Waals surface area contributed by atoms with Crippen LogP contribution >= 0.6 is 11.3 Å². The van der Waals surface area contributed by atoms with Crippen molar-refractivity contribution in [2.75, 3.05) is 13.2 Å². The summed E-state index contributed by atoms with van der Waals surface area (Å²) in [6.07, 6.45) is 1.13. The molecule has 0 spiro atoms. The molecule has 0 aliphatic rings. The molecule has 0 aliphatic carbocycles. The van der Waals surface area contributed by atoms with Crippen molar-refractivity contribution in [3.63, 3.8) is 0 Å². The van der Waals surface area contributed by atoms with Gasteiger partial charge in [0.15, 0.2) is 0 Å². The van der Waals surface area contributed by atoms with Gasteiger partial charge >= 0.3 is 5.97 Å². The van der Waals surface area contributed by atoms with Crippen LogP contribution in [-0.4, -0.2) is 30.1 Å². The van der Waals surface area contributed by atoms with Gasteiger partial charge in [-0.2, -0.15) is 0 Å². The van der Waals surface area contributed by atoms with Crippen LogP contribution < -0.4 is 10.1 Å². The van der Waals surface area contributed by atoms with Gasteiger partial charge in [0.2, 0.25) is 0 Å². The number of hydrogen-bond acceptors (Lipinski definition) is 4. The van der Waals surface area contributed by atoms with Crippen LogP contribution in [0, 0.1) is 5.92 Å². The molecule has 0 bridgehead atoms. The first-order valence-electron chi connectivity index (χ1n) is 8.34. The van der Waals surface area contributed by atoms with Crippen LogP contribution in [0.3, 0.4) is 0 Å². The van der Waals surface area contributed by atoms with Crippen LogP contribution in [0.1, 0.15) is 34.6 Å². The summed E-state index contributed by atoms with van der Waals surface area (Å²) in [5.74, 6) is -1.04. The molecule has 1 heterocycles. The molecular formula is C19H23NO4S. The van der Waals surface area contributed by atoms with Gasteiger partial charge in [0.1, 0.15) is 5.75 Å².